The average molecular weight is 269 g/mol. The van der Waals surface area contributed by atoms with Crippen molar-refractivity contribution in [3.8, 4) is 0 Å². The molecule has 1 aromatic carbocycles. The summed E-state index contributed by atoms with van der Waals surface area (Å²) in [6.07, 6.45) is 4.83. The molecule has 0 amide bonds. The summed E-state index contributed by atoms with van der Waals surface area (Å²) in [5.41, 5.74) is 3.45. The van der Waals surface area contributed by atoms with Crippen LogP contribution in [0.3, 0.4) is 0 Å². The lowest BCUT2D eigenvalue weighted by Crippen LogP contribution is -2.11. The minimum atomic E-state index is 0.282. The van der Waals surface area contributed by atoms with Gasteiger partial charge in [0, 0.05) is 43.7 Å². The van der Waals surface area contributed by atoms with Crippen molar-refractivity contribution >= 4 is 11.5 Å². The highest BCUT2D eigenvalue weighted by atomic mass is 16.1. The number of fused-ring (bicyclic) bond motifs is 1. The van der Waals surface area contributed by atoms with Gasteiger partial charge in [-0.2, -0.15) is 5.10 Å². The van der Waals surface area contributed by atoms with E-state index in [9.17, 15) is 4.79 Å². The fraction of sp³-hybridized carbons (Fsp3) is 0.375. The van der Waals surface area contributed by atoms with Crippen LogP contribution in [-0.2, 0) is 17.8 Å². The van der Waals surface area contributed by atoms with E-state index in [1.54, 1.807) is 6.20 Å². The monoisotopic (exact) mass is 269 g/mol. The van der Waals surface area contributed by atoms with Gasteiger partial charge in [0.2, 0.25) is 0 Å². The lowest BCUT2D eigenvalue weighted by molar-refractivity contribution is -0.118. The standard InChI is InChI=1S/C16H19N3O/c1-2-19-11-12(9-18-19)7-14(20)8-13-10-17-16-6-4-3-5-15(13)16/h3-6,9,11,13,17H,2,7-8,10H2,1H3. The molecule has 104 valence electrons. The predicted molar refractivity (Wildman–Crippen MR) is 78.9 cm³/mol. The fourth-order valence-corrected chi connectivity index (χ4v) is 2.78. The number of hydrogen-bond donors (Lipinski definition) is 1. The molecule has 1 N–H and O–H groups in total. The molecule has 0 saturated carbocycles. The second-order valence-corrected chi connectivity index (χ2v) is 5.29. The van der Waals surface area contributed by atoms with Crippen molar-refractivity contribution < 1.29 is 4.79 Å². The highest BCUT2D eigenvalue weighted by Gasteiger charge is 2.23. The Balaban J connectivity index is 1.62. The first-order valence-electron chi connectivity index (χ1n) is 7.12. The number of carbonyl (C=O) groups excluding carboxylic acids is 1. The van der Waals surface area contributed by atoms with Crippen LogP contribution in [0, 0.1) is 0 Å². The summed E-state index contributed by atoms with van der Waals surface area (Å²) in [5.74, 6) is 0.587. The van der Waals surface area contributed by atoms with Crippen LogP contribution in [0.4, 0.5) is 5.69 Å². The van der Waals surface area contributed by atoms with Crippen molar-refractivity contribution in [3.63, 3.8) is 0 Å². The van der Waals surface area contributed by atoms with Gasteiger partial charge in [0.15, 0.2) is 0 Å². The highest BCUT2D eigenvalue weighted by Crippen LogP contribution is 2.33. The van der Waals surface area contributed by atoms with E-state index in [4.69, 9.17) is 0 Å². The van der Waals surface area contributed by atoms with Gasteiger partial charge in [-0.1, -0.05) is 18.2 Å². The first-order chi connectivity index (χ1) is 9.76. The number of aryl methyl sites for hydroxylation is 1. The number of aromatic nitrogens is 2. The molecule has 2 aromatic rings. The molecule has 0 aliphatic carbocycles. The van der Waals surface area contributed by atoms with Gasteiger partial charge in [-0.3, -0.25) is 9.48 Å². The second-order valence-electron chi connectivity index (χ2n) is 5.29. The normalized spacial score (nSPS) is 16.8. The van der Waals surface area contributed by atoms with Crippen LogP contribution in [0.15, 0.2) is 36.7 Å². The van der Waals surface area contributed by atoms with Gasteiger partial charge in [0.25, 0.3) is 0 Å². The lowest BCUT2D eigenvalue weighted by Gasteiger charge is -2.08. The summed E-state index contributed by atoms with van der Waals surface area (Å²) < 4.78 is 1.86. The third kappa shape index (κ3) is 2.59. The molecule has 0 spiro atoms. The molecule has 3 rings (SSSR count). The maximum absolute atomic E-state index is 12.2. The van der Waals surface area contributed by atoms with Crippen LogP contribution in [0.2, 0.25) is 0 Å². The third-order valence-corrected chi connectivity index (χ3v) is 3.83. The van der Waals surface area contributed by atoms with E-state index in [0.717, 1.165) is 18.7 Å². The van der Waals surface area contributed by atoms with E-state index >= 15 is 0 Å². The third-order valence-electron chi connectivity index (χ3n) is 3.83. The molecule has 1 aromatic heterocycles. The highest BCUT2D eigenvalue weighted by molar-refractivity contribution is 5.82. The van der Waals surface area contributed by atoms with E-state index in [0.29, 0.717) is 18.8 Å². The minimum Gasteiger partial charge on any atom is -0.384 e. The number of nitrogens with zero attached hydrogens (tertiary/aromatic N) is 2. The Labute approximate surface area is 118 Å². The van der Waals surface area contributed by atoms with Crippen LogP contribution in [0.25, 0.3) is 0 Å². The molecule has 1 unspecified atom stereocenters. The van der Waals surface area contributed by atoms with E-state index in [2.05, 4.69) is 22.5 Å². The zero-order valence-electron chi connectivity index (χ0n) is 11.7. The number of anilines is 1. The Morgan fingerprint density at radius 2 is 2.30 bits per heavy atom. The summed E-state index contributed by atoms with van der Waals surface area (Å²) in [7, 11) is 0. The molecule has 1 aliphatic rings. The largest absolute Gasteiger partial charge is 0.384 e. The number of Topliss-reactive ketones (excluding diaryl/α,β-unsaturated/α-hetero) is 1. The molecule has 0 saturated heterocycles. The summed E-state index contributed by atoms with van der Waals surface area (Å²) >= 11 is 0. The van der Waals surface area contributed by atoms with Gasteiger partial charge in [-0.05, 0) is 24.1 Å². The van der Waals surface area contributed by atoms with E-state index in [1.807, 2.05) is 29.9 Å². The first kappa shape index (κ1) is 12.9. The lowest BCUT2D eigenvalue weighted by atomic mass is 9.94. The Kier molecular flexibility index (Phi) is 3.54. The van der Waals surface area contributed by atoms with Crippen LogP contribution in [0.1, 0.15) is 30.4 Å². The number of hydrogen-bond acceptors (Lipinski definition) is 3. The molecule has 20 heavy (non-hydrogen) atoms. The second kappa shape index (κ2) is 5.49. The number of benzene rings is 1. The molecular formula is C16H19N3O. The Morgan fingerprint density at radius 1 is 1.45 bits per heavy atom. The van der Waals surface area contributed by atoms with E-state index < -0.39 is 0 Å². The Morgan fingerprint density at radius 3 is 3.10 bits per heavy atom. The van der Waals surface area contributed by atoms with E-state index in [1.165, 1.54) is 11.3 Å². The van der Waals surface area contributed by atoms with Gasteiger partial charge in [0.1, 0.15) is 5.78 Å². The molecule has 1 aliphatic heterocycles. The summed E-state index contributed by atoms with van der Waals surface area (Å²) in [5, 5.41) is 7.57. The zero-order chi connectivity index (χ0) is 13.9. The van der Waals surface area contributed by atoms with Crippen molar-refractivity contribution in [1.82, 2.24) is 9.78 Å². The van der Waals surface area contributed by atoms with Gasteiger partial charge in [-0.15, -0.1) is 0 Å². The molecule has 2 heterocycles. The topological polar surface area (TPSA) is 46.9 Å². The smallest absolute Gasteiger partial charge is 0.138 e. The molecule has 0 radical (unpaired) electrons. The SMILES string of the molecule is CCn1cc(CC(=O)CC2CNc3ccccc32)cn1. The minimum absolute atomic E-state index is 0.282. The van der Waals surface area contributed by atoms with E-state index in [-0.39, 0.29) is 5.78 Å². The molecule has 0 fully saturated rings. The quantitative estimate of drug-likeness (QED) is 0.907. The zero-order valence-corrected chi connectivity index (χ0v) is 11.7. The fourth-order valence-electron chi connectivity index (χ4n) is 2.78. The Hall–Kier alpha value is -2.10. The van der Waals surface area contributed by atoms with Crippen LogP contribution in [-0.4, -0.2) is 22.1 Å². The Bertz CT molecular complexity index is 618. The number of carbonyl (C=O) groups is 1. The van der Waals surface area contributed by atoms with Gasteiger partial charge < -0.3 is 5.32 Å². The molecule has 1 atom stereocenters. The summed E-state index contributed by atoms with van der Waals surface area (Å²) in [6.45, 7) is 3.74. The molecular weight excluding hydrogens is 250 g/mol. The molecule has 4 heteroatoms. The van der Waals surface area contributed by atoms with Crippen molar-refractivity contribution in [3.05, 3.63) is 47.8 Å². The van der Waals surface area contributed by atoms with Gasteiger partial charge in [0.05, 0.1) is 6.20 Å². The number of para-hydroxylation sites is 1. The van der Waals surface area contributed by atoms with Crippen molar-refractivity contribution in [2.24, 2.45) is 0 Å². The molecule has 0 bridgehead atoms. The number of rotatable bonds is 5. The van der Waals surface area contributed by atoms with Crippen molar-refractivity contribution in [2.45, 2.75) is 32.2 Å². The van der Waals surface area contributed by atoms with Gasteiger partial charge >= 0.3 is 0 Å². The number of ketones is 1. The number of nitrogens with one attached hydrogen (secondary N) is 1. The molecule has 4 nitrogen and oxygen atoms in total. The first-order valence-corrected chi connectivity index (χ1v) is 7.12. The van der Waals surface area contributed by atoms with Crippen LogP contribution in [0.5, 0.6) is 0 Å². The van der Waals surface area contributed by atoms with Crippen LogP contribution >= 0.6 is 0 Å². The maximum atomic E-state index is 12.2. The van der Waals surface area contributed by atoms with Crippen molar-refractivity contribution in [2.75, 3.05) is 11.9 Å². The van der Waals surface area contributed by atoms with Gasteiger partial charge in [-0.25, -0.2) is 0 Å². The average Bonchev–Trinajstić information content (AvgIpc) is 3.06. The maximum Gasteiger partial charge on any atom is 0.138 e. The summed E-state index contributed by atoms with van der Waals surface area (Å²) in [6, 6.07) is 8.25. The summed E-state index contributed by atoms with van der Waals surface area (Å²) in [4.78, 5) is 12.2. The van der Waals surface area contributed by atoms with Crippen molar-refractivity contribution in [1.29, 1.82) is 0 Å². The van der Waals surface area contributed by atoms with Crippen LogP contribution < -0.4 is 5.32 Å². The predicted octanol–water partition coefficient (Wildman–Crippen LogP) is 2.61.